The van der Waals surface area contributed by atoms with Gasteiger partial charge in [0.1, 0.15) is 0 Å². The smallest absolute Gasteiger partial charge is 0.255 e. The van der Waals surface area contributed by atoms with Gasteiger partial charge in [0.15, 0.2) is 0 Å². The number of benzene rings is 4. The van der Waals surface area contributed by atoms with Gasteiger partial charge in [0, 0.05) is 22.7 Å². The summed E-state index contributed by atoms with van der Waals surface area (Å²) in [6.07, 6.45) is 1.85. The third-order valence-corrected chi connectivity index (χ3v) is 6.07. The topological polar surface area (TPSA) is 55.1 Å². The second-order valence-electron chi connectivity index (χ2n) is 8.29. The molecule has 3 N–H and O–H groups in total. The van der Waals surface area contributed by atoms with Crippen molar-refractivity contribution < 1.29 is 4.79 Å². The first kappa shape index (κ1) is 18.6. The van der Waals surface area contributed by atoms with E-state index in [1.54, 1.807) is 0 Å². The molecule has 3 heteroatoms. The summed E-state index contributed by atoms with van der Waals surface area (Å²) in [5.74, 6) is 0.252. The van der Waals surface area contributed by atoms with Gasteiger partial charge in [-0.1, -0.05) is 72.8 Å². The molecule has 1 fully saturated rings. The number of carbonyl (C=O) groups is 1. The van der Waals surface area contributed by atoms with Crippen molar-refractivity contribution in [2.45, 2.75) is 24.3 Å². The first-order valence-corrected chi connectivity index (χ1v) is 10.3. The van der Waals surface area contributed by atoms with Crippen LogP contribution in [0.5, 0.6) is 0 Å². The summed E-state index contributed by atoms with van der Waals surface area (Å²) in [6.45, 7) is 0. The van der Waals surface area contributed by atoms with Crippen molar-refractivity contribution in [3.8, 4) is 0 Å². The molecule has 0 radical (unpaired) electrons. The van der Waals surface area contributed by atoms with Crippen molar-refractivity contribution in [2.24, 2.45) is 5.73 Å². The van der Waals surface area contributed by atoms with E-state index in [-0.39, 0.29) is 11.4 Å². The van der Waals surface area contributed by atoms with Crippen molar-refractivity contribution >= 4 is 22.4 Å². The van der Waals surface area contributed by atoms with E-state index in [1.165, 1.54) is 21.9 Å². The molecule has 1 aliphatic rings. The molecule has 4 aromatic rings. The number of hydrogen-bond donors (Lipinski definition) is 2. The summed E-state index contributed by atoms with van der Waals surface area (Å²) in [7, 11) is 0. The van der Waals surface area contributed by atoms with Gasteiger partial charge >= 0.3 is 0 Å². The molecule has 0 saturated heterocycles. The molecule has 1 amide bonds. The van der Waals surface area contributed by atoms with Gasteiger partial charge in [-0.15, -0.1) is 0 Å². The van der Waals surface area contributed by atoms with Crippen LogP contribution in [-0.2, 0) is 6.42 Å². The zero-order valence-corrected chi connectivity index (χ0v) is 16.7. The standard InChI is InChI=1S/C27H24N2O/c28-27(17-19-10-11-20-6-4-5-9-23(20)16-19)18-25(27)21-12-14-24(15-13-21)29-26(30)22-7-2-1-3-8-22/h1-16,25H,17-18,28H2,(H,29,30)/t25-,27-/m0/s1. The minimum Gasteiger partial charge on any atom is -0.324 e. The lowest BCUT2D eigenvalue weighted by molar-refractivity contribution is 0.102. The molecule has 30 heavy (non-hydrogen) atoms. The fourth-order valence-corrected chi connectivity index (χ4v) is 4.29. The van der Waals surface area contributed by atoms with Gasteiger partial charge in [-0.05, 0) is 59.0 Å². The number of rotatable bonds is 5. The van der Waals surface area contributed by atoms with Crippen LogP contribution >= 0.6 is 0 Å². The van der Waals surface area contributed by atoms with E-state index in [0.29, 0.717) is 11.5 Å². The van der Waals surface area contributed by atoms with Crippen molar-refractivity contribution in [3.63, 3.8) is 0 Å². The molecule has 0 aliphatic heterocycles. The van der Waals surface area contributed by atoms with Crippen molar-refractivity contribution in [3.05, 3.63) is 114 Å². The van der Waals surface area contributed by atoms with E-state index in [0.717, 1.165) is 18.5 Å². The number of anilines is 1. The van der Waals surface area contributed by atoms with Crippen LogP contribution in [0.15, 0.2) is 97.1 Å². The monoisotopic (exact) mass is 392 g/mol. The Balaban J connectivity index is 1.26. The van der Waals surface area contributed by atoms with Gasteiger partial charge < -0.3 is 11.1 Å². The number of fused-ring (bicyclic) bond motifs is 1. The molecule has 4 aromatic carbocycles. The van der Waals surface area contributed by atoms with Crippen molar-refractivity contribution in [2.75, 3.05) is 5.32 Å². The highest BCUT2D eigenvalue weighted by molar-refractivity contribution is 6.04. The normalized spacial score (nSPS) is 20.1. The molecule has 0 bridgehead atoms. The zero-order chi connectivity index (χ0) is 20.6. The summed E-state index contributed by atoms with van der Waals surface area (Å²) in [5, 5.41) is 5.47. The molecular formula is C27H24N2O. The summed E-state index contributed by atoms with van der Waals surface area (Å²) in [5.41, 5.74) is 10.5. The average Bonchev–Trinajstić information content (AvgIpc) is 3.45. The molecule has 0 spiro atoms. The van der Waals surface area contributed by atoms with Gasteiger partial charge in [-0.2, -0.15) is 0 Å². The Labute approximate surface area is 176 Å². The second-order valence-corrected chi connectivity index (χ2v) is 8.29. The van der Waals surface area contributed by atoms with Gasteiger partial charge in [-0.3, -0.25) is 4.79 Å². The minimum atomic E-state index is -0.197. The summed E-state index contributed by atoms with van der Waals surface area (Å²) in [4.78, 5) is 12.3. The molecule has 148 valence electrons. The quantitative estimate of drug-likeness (QED) is 0.470. The second kappa shape index (κ2) is 7.43. The number of hydrogen-bond acceptors (Lipinski definition) is 2. The number of carbonyl (C=O) groups excluding carboxylic acids is 1. The molecular weight excluding hydrogens is 368 g/mol. The Morgan fingerprint density at radius 1 is 0.867 bits per heavy atom. The highest BCUT2D eigenvalue weighted by atomic mass is 16.1. The van der Waals surface area contributed by atoms with Crippen LogP contribution < -0.4 is 11.1 Å². The van der Waals surface area contributed by atoms with Gasteiger partial charge in [-0.25, -0.2) is 0 Å². The highest BCUT2D eigenvalue weighted by Crippen LogP contribution is 2.51. The Kier molecular flexibility index (Phi) is 4.61. The average molecular weight is 393 g/mol. The zero-order valence-electron chi connectivity index (χ0n) is 16.7. The minimum absolute atomic E-state index is 0.0979. The molecule has 2 atom stereocenters. The van der Waals surface area contributed by atoms with Crippen LogP contribution in [0, 0.1) is 0 Å². The molecule has 1 saturated carbocycles. The maximum atomic E-state index is 12.3. The fourth-order valence-electron chi connectivity index (χ4n) is 4.29. The van der Waals surface area contributed by atoms with Gasteiger partial charge in [0.05, 0.1) is 0 Å². The van der Waals surface area contributed by atoms with Crippen LogP contribution in [0.3, 0.4) is 0 Å². The first-order valence-electron chi connectivity index (χ1n) is 10.3. The molecule has 1 aliphatic carbocycles. The summed E-state index contributed by atoms with van der Waals surface area (Å²) < 4.78 is 0. The first-order chi connectivity index (χ1) is 14.6. The number of nitrogens with one attached hydrogen (secondary N) is 1. The maximum absolute atomic E-state index is 12.3. The van der Waals surface area contributed by atoms with Crippen LogP contribution in [0.2, 0.25) is 0 Å². The SMILES string of the molecule is N[C@@]1(Cc2ccc3ccccc3c2)C[C@H]1c1ccc(NC(=O)c2ccccc2)cc1. The molecule has 0 heterocycles. The van der Waals surface area contributed by atoms with E-state index in [4.69, 9.17) is 5.73 Å². The Morgan fingerprint density at radius 2 is 1.57 bits per heavy atom. The predicted molar refractivity (Wildman–Crippen MR) is 123 cm³/mol. The molecule has 5 rings (SSSR count). The van der Waals surface area contributed by atoms with Crippen LogP contribution in [0.25, 0.3) is 10.8 Å². The molecule has 0 aromatic heterocycles. The van der Waals surface area contributed by atoms with Gasteiger partial charge in [0.25, 0.3) is 5.91 Å². The van der Waals surface area contributed by atoms with Crippen LogP contribution in [0.1, 0.15) is 33.8 Å². The lowest BCUT2D eigenvalue weighted by Crippen LogP contribution is -2.27. The Bertz CT molecular complexity index is 1200. The predicted octanol–water partition coefficient (Wildman–Crippen LogP) is 5.52. The van der Waals surface area contributed by atoms with Crippen molar-refractivity contribution in [1.82, 2.24) is 0 Å². The summed E-state index contributed by atoms with van der Waals surface area (Å²) >= 11 is 0. The third kappa shape index (κ3) is 3.72. The highest BCUT2D eigenvalue weighted by Gasteiger charge is 2.51. The molecule has 3 nitrogen and oxygen atoms in total. The number of nitrogens with two attached hydrogens (primary N) is 1. The van der Waals surface area contributed by atoms with E-state index < -0.39 is 0 Å². The third-order valence-electron chi connectivity index (χ3n) is 6.07. The summed E-state index contributed by atoms with van der Waals surface area (Å²) in [6, 6.07) is 32.4. The Morgan fingerprint density at radius 3 is 2.33 bits per heavy atom. The van der Waals surface area contributed by atoms with E-state index in [1.807, 2.05) is 42.5 Å². The van der Waals surface area contributed by atoms with E-state index >= 15 is 0 Å². The Hall–Kier alpha value is -3.43. The fraction of sp³-hybridized carbons (Fsp3) is 0.148. The lowest BCUT2D eigenvalue weighted by Gasteiger charge is -2.13. The van der Waals surface area contributed by atoms with Gasteiger partial charge in [0.2, 0.25) is 0 Å². The van der Waals surface area contributed by atoms with Crippen LogP contribution in [0.4, 0.5) is 5.69 Å². The van der Waals surface area contributed by atoms with E-state index in [2.05, 4.69) is 59.9 Å². The lowest BCUT2D eigenvalue weighted by atomic mass is 9.97. The number of amides is 1. The molecule has 0 unspecified atom stereocenters. The maximum Gasteiger partial charge on any atom is 0.255 e. The van der Waals surface area contributed by atoms with Crippen molar-refractivity contribution in [1.29, 1.82) is 0 Å². The van der Waals surface area contributed by atoms with Crippen LogP contribution in [-0.4, -0.2) is 11.4 Å². The van der Waals surface area contributed by atoms with E-state index in [9.17, 15) is 4.79 Å². The largest absolute Gasteiger partial charge is 0.324 e.